The first-order chi connectivity index (χ1) is 35.2. The van der Waals surface area contributed by atoms with Crippen molar-refractivity contribution in [2.24, 2.45) is 0 Å². The van der Waals surface area contributed by atoms with Crippen molar-refractivity contribution < 1.29 is 0 Å². The number of nitrogens with zero attached hydrogens (tertiary/aromatic N) is 2. The highest BCUT2D eigenvalue weighted by molar-refractivity contribution is 5.95. The monoisotopic (exact) mass is 922 g/mol. The summed E-state index contributed by atoms with van der Waals surface area (Å²) in [7, 11) is 0. The Bertz CT molecular complexity index is 3880. The Morgan fingerprint density at radius 3 is 1.64 bits per heavy atom. The van der Waals surface area contributed by atoms with Gasteiger partial charge in [-0.15, -0.1) is 0 Å². The lowest BCUT2D eigenvalue weighted by Crippen LogP contribution is -2.28. The lowest BCUT2D eigenvalue weighted by Gasteiger charge is -2.35. The van der Waals surface area contributed by atoms with E-state index in [4.69, 9.17) is 4.98 Å². The lowest BCUT2D eigenvalue weighted by molar-refractivity contribution is 0.660. The standard InChI is InChI=1S/C70H54N2/c1-68(2)60-29-17-15-27-53(60)55-37-33-51(43-64(55)68)72(52-34-38-56-54-28-16-18-30-62(54)70(65(56)44-52,48-23-10-6-11-24-48)49-25-12-7-13-26-49)50-35-39-61-59(42-50)57-36-32-47(41-63(57)69(61,3)4)67-58(45-20-8-5-9-21-45)40-46-22-14-19-31-66(46)71-67/h5-8,10-20,22-44H,9,21H2,1-4H3. The number of allylic oxidation sites excluding steroid dienone is 4. The van der Waals surface area contributed by atoms with Gasteiger partial charge in [0, 0.05) is 44.4 Å². The molecule has 0 atom stereocenters. The van der Waals surface area contributed by atoms with Gasteiger partial charge in [0.1, 0.15) is 0 Å². The third-order valence-corrected chi connectivity index (χ3v) is 16.8. The molecule has 0 aliphatic heterocycles. The van der Waals surface area contributed by atoms with Crippen LogP contribution in [0, 0.1) is 0 Å². The van der Waals surface area contributed by atoms with Crippen molar-refractivity contribution in [1.29, 1.82) is 0 Å². The van der Waals surface area contributed by atoms with Crippen molar-refractivity contribution in [3.05, 3.63) is 281 Å². The van der Waals surface area contributed by atoms with Gasteiger partial charge in [0.15, 0.2) is 0 Å². The van der Waals surface area contributed by atoms with E-state index in [1.165, 1.54) is 94.4 Å². The first-order valence-electron chi connectivity index (χ1n) is 25.7. The fourth-order valence-corrected chi connectivity index (χ4v) is 13.3. The molecule has 344 valence electrons. The third-order valence-electron chi connectivity index (χ3n) is 16.8. The van der Waals surface area contributed by atoms with Crippen LogP contribution >= 0.6 is 0 Å². The zero-order valence-electron chi connectivity index (χ0n) is 41.2. The average Bonchev–Trinajstić information content (AvgIpc) is 3.95. The summed E-state index contributed by atoms with van der Waals surface area (Å²) in [5.74, 6) is 0. The van der Waals surface area contributed by atoms with Crippen molar-refractivity contribution in [1.82, 2.24) is 4.98 Å². The number of hydrogen-bond donors (Lipinski definition) is 0. The number of anilines is 3. The van der Waals surface area contributed by atoms with Gasteiger partial charge in [-0.3, -0.25) is 0 Å². The van der Waals surface area contributed by atoms with Crippen LogP contribution < -0.4 is 4.90 Å². The number of para-hydroxylation sites is 1. The fraction of sp³-hybridized carbons (Fsp3) is 0.129. The quantitative estimate of drug-likeness (QED) is 0.158. The third kappa shape index (κ3) is 6.11. The first-order valence-corrected chi connectivity index (χ1v) is 25.7. The molecule has 4 aliphatic rings. The molecule has 2 nitrogen and oxygen atoms in total. The van der Waals surface area contributed by atoms with Gasteiger partial charge in [0.25, 0.3) is 0 Å². The molecular weight excluding hydrogens is 869 g/mol. The highest BCUT2D eigenvalue weighted by Crippen LogP contribution is 2.59. The Morgan fingerprint density at radius 1 is 0.403 bits per heavy atom. The maximum atomic E-state index is 5.41. The second-order valence-electron chi connectivity index (χ2n) is 21.3. The number of rotatable bonds is 7. The molecule has 0 fully saturated rings. The van der Waals surface area contributed by atoms with Crippen molar-refractivity contribution in [2.45, 2.75) is 56.8 Å². The summed E-state index contributed by atoms with van der Waals surface area (Å²) < 4.78 is 0. The maximum Gasteiger partial charge on any atom is 0.0784 e. The van der Waals surface area contributed by atoms with Crippen molar-refractivity contribution >= 4 is 33.5 Å². The number of aromatic nitrogens is 1. The molecule has 1 aromatic heterocycles. The van der Waals surface area contributed by atoms with Crippen LogP contribution in [0.15, 0.2) is 231 Å². The number of hydrogen-bond acceptors (Lipinski definition) is 2. The Morgan fingerprint density at radius 2 is 0.931 bits per heavy atom. The summed E-state index contributed by atoms with van der Waals surface area (Å²) in [6, 6.07) is 80.0. The molecule has 0 saturated heterocycles. The second-order valence-corrected chi connectivity index (χ2v) is 21.3. The number of benzene rings is 9. The molecule has 0 spiro atoms. The molecule has 72 heavy (non-hydrogen) atoms. The van der Waals surface area contributed by atoms with Crippen molar-refractivity contribution in [2.75, 3.05) is 4.90 Å². The van der Waals surface area contributed by atoms with E-state index in [1.807, 2.05) is 0 Å². The van der Waals surface area contributed by atoms with Gasteiger partial charge in [-0.05, 0) is 151 Å². The Kier molecular flexibility index (Phi) is 9.36. The Balaban J connectivity index is 0.970. The van der Waals surface area contributed by atoms with Crippen LogP contribution in [0.5, 0.6) is 0 Å². The summed E-state index contributed by atoms with van der Waals surface area (Å²) in [6.07, 6.45) is 8.80. The van der Waals surface area contributed by atoms with Crippen LogP contribution in [0.2, 0.25) is 0 Å². The molecule has 0 N–H and O–H groups in total. The Labute approximate surface area is 423 Å². The summed E-state index contributed by atoms with van der Waals surface area (Å²) >= 11 is 0. The van der Waals surface area contributed by atoms with E-state index in [0.717, 1.165) is 46.7 Å². The van der Waals surface area contributed by atoms with Crippen molar-refractivity contribution in [3.63, 3.8) is 0 Å². The predicted molar refractivity (Wildman–Crippen MR) is 301 cm³/mol. The van der Waals surface area contributed by atoms with Crippen LogP contribution in [0.3, 0.4) is 0 Å². The molecule has 14 rings (SSSR count). The highest BCUT2D eigenvalue weighted by Gasteiger charge is 2.47. The van der Waals surface area contributed by atoms with E-state index in [0.29, 0.717) is 0 Å². The first kappa shape index (κ1) is 42.5. The minimum absolute atomic E-state index is 0.161. The molecule has 9 aromatic carbocycles. The summed E-state index contributed by atoms with van der Waals surface area (Å²) in [5.41, 5.74) is 26.6. The summed E-state index contributed by atoms with van der Waals surface area (Å²) in [5, 5.41) is 1.17. The molecule has 1 heterocycles. The van der Waals surface area contributed by atoms with Gasteiger partial charge in [-0.2, -0.15) is 0 Å². The number of fused-ring (bicyclic) bond motifs is 10. The van der Waals surface area contributed by atoms with Gasteiger partial charge in [-0.1, -0.05) is 204 Å². The highest BCUT2D eigenvalue weighted by atomic mass is 15.1. The molecule has 0 unspecified atom stereocenters. The molecule has 4 aliphatic carbocycles. The zero-order valence-corrected chi connectivity index (χ0v) is 41.2. The van der Waals surface area contributed by atoms with E-state index in [1.54, 1.807) is 0 Å². The zero-order chi connectivity index (χ0) is 48.3. The SMILES string of the molecule is CC1(C)c2ccc(N(c3ccc4c(c3)C(C)(C)c3ccccc3-4)c3ccc4c(c3)C(c3ccccc3)(c3ccccc3)c3ccccc3-4)cc2-c2ccc(-c3nc4ccccc4cc3C3=CC=CCC3)cc21. The van der Waals surface area contributed by atoms with E-state index in [9.17, 15) is 0 Å². The molecule has 2 heteroatoms. The maximum absolute atomic E-state index is 5.41. The van der Waals surface area contributed by atoms with Gasteiger partial charge in [0.2, 0.25) is 0 Å². The van der Waals surface area contributed by atoms with Gasteiger partial charge in [-0.25, -0.2) is 4.98 Å². The minimum Gasteiger partial charge on any atom is -0.310 e. The van der Waals surface area contributed by atoms with Gasteiger partial charge in [0.05, 0.1) is 16.6 Å². The molecule has 0 bridgehead atoms. The Hall–Kier alpha value is -8.33. The van der Waals surface area contributed by atoms with Crippen LogP contribution in [0.25, 0.3) is 61.1 Å². The average molecular weight is 923 g/mol. The summed E-state index contributed by atoms with van der Waals surface area (Å²) in [6.45, 7) is 9.56. The van der Waals surface area contributed by atoms with Crippen LogP contribution in [-0.2, 0) is 16.2 Å². The minimum atomic E-state index is -0.527. The van der Waals surface area contributed by atoms with E-state index in [2.05, 4.69) is 263 Å². The molecular formula is C70H54N2. The molecule has 0 amide bonds. The van der Waals surface area contributed by atoms with Crippen molar-refractivity contribution in [3.8, 4) is 44.6 Å². The second kappa shape index (κ2) is 15.8. The lowest BCUT2D eigenvalue weighted by atomic mass is 9.67. The molecule has 0 radical (unpaired) electrons. The van der Waals surface area contributed by atoms with E-state index in [-0.39, 0.29) is 10.8 Å². The fourth-order valence-electron chi connectivity index (χ4n) is 13.3. The van der Waals surface area contributed by atoms with E-state index < -0.39 is 5.41 Å². The molecule has 0 saturated carbocycles. The van der Waals surface area contributed by atoms with Crippen LogP contribution in [-0.4, -0.2) is 4.98 Å². The van der Waals surface area contributed by atoms with Gasteiger partial charge >= 0.3 is 0 Å². The van der Waals surface area contributed by atoms with E-state index >= 15 is 0 Å². The molecule has 10 aromatic rings. The number of pyridine rings is 1. The smallest absolute Gasteiger partial charge is 0.0784 e. The normalized spacial score (nSPS) is 15.8. The largest absolute Gasteiger partial charge is 0.310 e. The van der Waals surface area contributed by atoms with Gasteiger partial charge < -0.3 is 4.90 Å². The topological polar surface area (TPSA) is 16.1 Å². The van der Waals surface area contributed by atoms with Crippen LogP contribution in [0.4, 0.5) is 17.1 Å². The van der Waals surface area contributed by atoms with Crippen LogP contribution in [0.1, 0.15) is 90.6 Å². The predicted octanol–water partition coefficient (Wildman–Crippen LogP) is 18.1. The summed E-state index contributed by atoms with van der Waals surface area (Å²) in [4.78, 5) is 7.94.